The highest BCUT2D eigenvalue weighted by Gasteiger charge is 2.34. The van der Waals surface area contributed by atoms with E-state index in [0.29, 0.717) is 11.5 Å². The molecule has 0 spiro atoms. The van der Waals surface area contributed by atoms with Crippen LogP contribution in [0.2, 0.25) is 0 Å². The fourth-order valence-electron chi connectivity index (χ4n) is 2.88. The minimum absolute atomic E-state index is 0.143. The third-order valence-corrected chi connectivity index (χ3v) is 4.13. The molecule has 0 saturated heterocycles. The summed E-state index contributed by atoms with van der Waals surface area (Å²) in [6.07, 6.45) is -4.37. The number of ether oxygens (including phenoxy) is 2. The molecule has 0 bridgehead atoms. The topological polar surface area (TPSA) is 30.5 Å². The molecular weight excluding hydrogens is 319 g/mol. The van der Waals surface area contributed by atoms with E-state index in [2.05, 4.69) is 5.32 Å². The molecule has 128 valence electrons. The summed E-state index contributed by atoms with van der Waals surface area (Å²) in [6, 6.07) is 10.6. The molecule has 0 fully saturated rings. The van der Waals surface area contributed by atoms with Crippen LogP contribution in [-0.2, 0) is 6.18 Å². The van der Waals surface area contributed by atoms with Gasteiger partial charge in [-0.3, -0.25) is 0 Å². The second-order valence-electron chi connectivity index (χ2n) is 5.81. The van der Waals surface area contributed by atoms with Gasteiger partial charge in [0.15, 0.2) is 11.5 Å². The molecule has 1 aliphatic heterocycles. The van der Waals surface area contributed by atoms with Gasteiger partial charge in [0.1, 0.15) is 0 Å². The second kappa shape index (κ2) is 6.36. The van der Waals surface area contributed by atoms with Crippen LogP contribution < -0.4 is 14.8 Å². The van der Waals surface area contributed by atoms with Crippen molar-refractivity contribution in [1.82, 2.24) is 5.32 Å². The lowest BCUT2D eigenvalue weighted by molar-refractivity contribution is -0.138. The van der Waals surface area contributed by atoms with E-state index < -0.39 is 17.8 Å². The highest BCUT2D eigenvalue weighted by Crippen LogP contribution is 2.36. The van der Waals surface area contributed by atoms with Crippen LogP contribution in [0.4, 0.5) is 13.2 Å². The van der Waals surface area contributed by atoms with Gasteiger partial charge >= 0.3 is 6.18 Å². The summed E-state index contributed by atoms with van der Waals surface area (Å²) in [5.41, 5.74) is 0.552. The molecule has 0 amide bonds. The third kappa shape index (κ3) is 3.33. The van der Waals surface area contributed by atoms with Crippen molar-refractivity contribution in [3.05, 3.63) is 59.2 Å². The minimum atomic E-state index is -4.37. The zero-order valence-corrected chi connectivity index (χ0v) is 13.4. The van der Waals surface area contributed by atoms with Gasteiger partial charge in [-0.15, -0.1) is 0 Å². The smallest absolute Gasteiger partial charge is 0.416 e. The van der Waals surface area contributed by atoms with Crippen molar-refractivity contribution in [3.63, 3.8) is 0 Å². The largest absolute Gasteiger partial charge is 0.454 e. The van der Waals surface area contributed by atoms with Crippen molar-refractivity contribution in [2.24, 2.45) is 0 Å². The number of benzene rings is 2. The van der Waals surface area contributed by atoms with Crippen LogP contribution in [0.3, 0.4) is 0 Å². The molecule has 2 atom stereocenters. The lowest BCUT2D eigenvalue weighted by atomic mass is 9.99. The number of fused-ring (bicyclic) bond motifs is 1. The molecule has 0 saturated carbocycles. The van der Waals surface area contributed by atoms with Crippen LogP contribution in [0.5, 0.6) is 11.5 Å². The Morgan fingerprint density at radius 2 is 1.67 bits per heavy atom. The summed E-state index contributed by atoms with van der Waals surface area (Å²) in [5.74, 6) is 1.34. The van der Waals surface area contributed by atoms with E-state index in [9.17, 15) is 13.2 Å². The molecule has 24 heavy (non-hydrogen) atoms. The van der Waals surface area contributed by atoms with Crippen LogP contribution in [-0.4, -0.2) is 6.79 Å². The molecule has 2 aromatic carbocycles. The molecular formula is C18H18F3NO2. The van der Waals surface area contributed by atoms with Gasteiger partial charge < -0.3 is 14.8 Å². The average Bonchev–Trinajstić information content (AvgIpc) is 3.01. The molecule has 1 heterocycles. The van der Waals surface area contributed by atoms with Crippen LogP contribution in [0.25, 0.3) is 0 Å². The van der Waals surface area contributed by atoms with Gasteiger partial charge in [-0.2, -0.15) is 13.2 Å². The van der Waals surface area contributed by atoms with Crippen molar-refractivity contribution in [1.29, 1.82) is 0 Å². The van der Waals surface area contributed by atoms with Crippen LogP contribution in [0.15, 0.2) is 42.5 Å². The lowest BCUT2D eigenvalue weighted by Crippen LogP contribution is -2.24. The standard InChI is InChI=1S/C18H18F3NO2/c1-11(13-7-8-16-17(9-13)24-10-23-16)22-12(2)14-5-3-4-6-15(14)18(19,20)21/h3-9,11-12,22H,10H2,1-2H3. The van der Waals surface area contributed by atoms with E-state index >= 15 is 0 Å². The quantitative estimate of drug-likeness (QED) is 0.865. The summed E-state index contributed by atoms with van der Waals surface area (Å²) >= 11 is 0. The van der Waals surface area contributed by atoms with Gasteiger partial charge in [-0.25, -0.2) is 0 Å². The van der Waals surface area contributed by atoms with Crippen molar-refractivity contribution < 1.29 is 22.6 Å². The Balaban J connectivity index is 1.79. The number of halogens is 3. The van der Waals surface area contributed by atoms with E-state index in [1.54, 1.807) is 13.0 Å². The van der Waals surface area contributed by atoms with Crippen molar-refractivity contribution >= 4 is 0 Å². The number of nitrogens with one attached hydrogen (secondary N) is 1. The molecule has 3 nitrogen and oxygen atoms in total. The normalized spacial score (nSPS) is 16.0. The van der Waals surface area contributed by atoms with E-state index in [4.69, 9.17) is 9.47 Å². The maximum atomic E-state index is 13.2. The third-order valence-electron chi connectivity index (χ3n) is 4.13. The van der Waals surface area contributed by atoms with Gasteiger partial charge in [-0.05, 0) is 43.2 Å². The first-order valence-corrected chi connectivity index (χ1v) is 7.68. The molecule has 1 N–H and O–H groups in total. The summed E-state index contributed by atoms with van der Waals surface area (Å²) in [7, 11) is 0. The maximum Gasteiger partial charge on any atom is 0.416 e. The highest BCUT2D eigenvalue weighted by atomic mass is 19.4. The monoisotopic (exact) mass is 337 g/mol. The van der Waals surface area contributed by atoms with Gasteiger partial charge in [0.2, 0.25) is 6.79 Å². The van der Waals surface area contributed by atoms with E-state index in [1.165, 1.54) is 12.1 Å². The van der Waals surface area contributed by atoms with E-state index in [-0.39, 0.29) is 18.4 Å². The number of hydrogen-bond acceptors (Lipinski definition) is 3. The van der Waals surface area contributed by atoms with Gasteiger partial charge in [0, 0.05) is 12.1 Å². The summed E-state index contributed by atoms with van der Waals surface area (Å²) in [5, 5.41) is 3.22. The Kier molecular flexibility index (Phi) is 4.41. The van der Waals surface area contributed by atoms with E-state index in [1.807, 2.05) is 25.1 Å². The SMILES string of the molecule is CC(NC(C)c1ccccc1C(F)(F)F)c1ccc2c(c1)OCO2. The molecule has 1 aliphatic rings. The van der Waals surface area contributed by atoms with Crippen LogP contribution in [0.1, 0.15) is 42.6 Å². The molecule has 2 aromatic rings. The first kappa shape index (κ1) is 16.6. The van der Waals surface area contributed by atoms with Crippen molar-refractivity contribution in [3.8, 4) is 11.5 Å². The van der Waals surface area contributed by atoms with Crippen LogP contribution >= 0.6 is 0 Å². The molecule has 0 aliphatic carbocycles. The first-order chi connectivity index (χ1) is 11.4. The van der Waals surface area contributed by atoms with Gasteiger partial charge in [0.25, 0.3) is 0 Å². The number of alkyl halides is 3. The summed E-state index contributed by atoms with van der Waals surface area (Å²) < 4.78 is 50.1. The molecule has 0 aromatic heterocycles. The fourth-order valence-corrected chi connectivity index (χ4v) is 2.88. The molecule has 2 unspecified atom stereocenters. The molecule has 3 rings (SSSR count). The minimum Gasteiger partial charge on any atom is -0.454 e. The van der Waals surface area contributed by atoms with Gasteiger partial charge in [-0.1, -0.05) is 24.3 Å². The Morgan fingerprint density at radius 1 is 0.958 bits per heavy atom. The first-order valence-electron chi connectivity index (χ1n) is 7.68. The Labute approximate surface area is 138 Å². The number of rotatable bonds is 4. The fraction of sp³-hybridized carbons (Fsp3) is 0.333. The Bertz CT molecular complexity index is 730. The van der Waals surface area contributed by atoms with Crippen LogP contribution in [0, 0.1) is 0 Å². The van der Waals surface area contributed by atoms with Gasteiger partial charge in [0.05, 0.1) is 5.56 Å². The number of hydrogen-bond donors (Lipinski definition) is 1. The van der Waals surface area contributed by atoms with E-state index in [0.717, 1.165) is 11.6 Å². The Morgan fingerprint density at radius 3 is 2.42 bits per heavy atom. The summed E-state index contributed by atoms with van der Waals surface area (Å²) in [4.78, 5) is 0. The second-order valence-corrected chi connectivity index (χ2v) is 5.81. The predicted octanol–water partition coefficient (Wildman–Crippen LogP) is 4.85. The highest BCUT2D eigenvalue weighted by molar-refractivity contribution is 5.45. The average molecular weight is 337 g/mol. The summed E-state index contributed by atoms with van der Waals surface area (Å²) in [6.45, 7) is 3.83. The zero-order chi connectivity index (χ0) is 17.3. The predicted molar refractivity (Wildman–Crippen MR) is 84.0 cm³/mol. The zero-order valence-electron chi connectivity index (χ0n) is 13.4. The molecule has 0 radical (unpaired) electrons. The maximum absolute atomic E-state index is 13.2. The molecule has 6 heteroatoms. The van der Waals surface area contributed by atoms with Crippen molar-refractivity contribution in [2.75, 3.05) is 6.79 Å². The van der Waals surface area contributed by atoms with Crippen molar-refractivity contribution in [2.45, 2.75) is 32.1 Å². The Hall–Kier alpha value is -2.21. The lowest BCUT2D eigenvalue weighted by Gasteiger charge is -2.23.